The van der Waals surface area contributed by atoms with Gasteiger partial charge in [0.2, 0.25) is 0 Å². The van der Waals surface area contributed by atoms with Crippen LogP contribution in [-0.4, -0.2) is 18.5 Å². The fourth-order valence-electron chi connectivity index (χ4n) is 2.34. The number of halogens is 1. The van der Waals surface area contributed by atoms with Crippen LogP contribution in [0.4, 0.5) is 5.69 Å². The van der Waals surface area contributed by atoms with E-state index in [-0.39, 0.29) is 18.9 Å². The highest BCUT2D eigenvalue weighted by Gasteiger charge is 2.11. The van der Waals surface area contributed by atoms with Crippen LogP contribution in [0.2, 0.25) is 5.02 Å². The van der Waals surface area contributed by atoms with E-state index < -0.39 is 5.97 Å². The molecule has 0 bridgehead atoms. The molecule has 0 aliphatic carbocycles. The van der Waals surface area contributed by atoms with Gasteiger partial charge < -0.3 is 10.1 Å². The third kappa shape index (κ3) is 5.10. The zero-order chi connectivity index (χ0) is 17.5. The first-order valence-electron chi connectivity index (χ1n) is 7.78. The zero-order valence-electron chi connectivity index (χ0n) is 13.8. The topological polar surface area (TPSA) is 55.4 Å². The van der Waals surface area contributed by atoms with Gasteiger partial charge in [-0.3, -0.25) is 9.59 Å². The summed E-state index contributed by atoms with van der Waals surface area (Å²) in [5, 5.41) is 3.43. The highest BCUT2D eigenvalue weighted by atomic mass is 35.5. The van der Waals surface area contributed by atoms with Crippen LogP contribution in [0, 0.1) is 6.92 Å². The molecule has 126 valence electrons. The average Bonchev–Trinajstić information content (AvgIpc) is 2.57. The number of nitrogens with one attached hydrogen (secondary N) is 1. The van der Waals surface area contributed by atoms with Crippen molar-refractivity contribution in [3.05, 3.63) is 64.2 Å². The number of aryl methyl sites for hydroxylation is 2. The van der Waals surface area contributed by atoms with Crippen LogP contribution in [0.5, 0.6) is 0 Å². The Kier molecular flexibility index (Phi) is 6.38. The summed E-state index contributed by atoms with van der Waals surface area (Å²) < 4.78 is 5.04. The van der Waals surface area contributed by atoms with Gasteiger partial charge in [0, 0.05) is 10.7 Å². The van der Waals surface area contributed by atoms with Crippen molar-refractivity contribution in [1.82, 2.24) is 0 Å². The molecule has 0 aromatic heterocycles. The minimum Gasteiger partial charge on any atom is -0.455 e. The first-order chi connectivity index (χ1) is 11.5. The van der Waals surface area contributed by atoms with E-state index in [1.54, 1.807) is 24.3 Å². The molecule has 0 saturated heterocycles. The van der Waals surface area contributed by atoms with Crippen molar-refractivity contribution in [2.45, 2.75) is 26.7 Å². The Morgan fingerprint density at radius 3 is 2.50 bits per heavy atom. The van der Waals surface area contributed by atoms with E-state index in [1.165, 1.54) is 0 Å². The van der Waals surface area contributed by atoms with E-state index in [2.05, 4.69) is 5.32 Å². The van der Waals surface area contributed by atoms with Crippen LogP contribution in [0.1, 0.15) is 23.6 Å². The van der Waals surface area contributed by atoms with Crippen LogP contribution in [0.25, 0.3) is 0 Å². The lowest BCUT2D eigenvalue weighted by Crippen LogP contribution is -2.22. The van der Waals surface area contributed by atoms with Crippen molar-refractivity contribution in [1.29, 1.82) is 0 Å². The molecule has 5 heteroatoms. The second-order valence-electron chi connectivity index (χ2n) is 5.47. The number of rotatable bonds is 6. The SMILES string of the molecule is CCc1cccc(C)c1NC(=O)COC(=O)Cc1ccc(Cl)cc1. The van der Waals surface area contributed by atoms with E-state index in [1.807, 2.05) is 32.0 Å². The van der Waals surface area contributed by atoms with E-state index in [0.717, 1.165) is 28.8 Å². The number of amides is 1. The number of hydrogen-bond acceptors (Lipinski definition) is 3. The molecular formula is C19H20ClNO3. The van der Waals surface area contributed by atoms with E-state index >= 15 is 0 Å². The summed E-state index contributed by atoms with van der Waals surface area (Å²) in [4.78, 5) is 23.8. The Balaban J connectivity index is 1.87. The quantitative estimate of drug-likeness (QED) is 0.807. The summed E-state index contributed by atoms with van der Waals surface area (Å²) in [6, 6.07) is 12.8. The van der Waals surface area contributed by atoms with E-state index in [4.69, 9.17) is 16.3 Å². The summed E-state index contributed by atoms with van der Waals surface area (Å²) >= 11 is 5.80. The van der Waals surface area contributed by atoms with Gasteiger partial charge in [0.15, 0.2) is 6.61 Å². The van der Waals surface area contributed by atoms with Gasteiger partial charge in [-0.15, -0.1) is 0 Å². The Morgan fingerprint density at radius 1 is 1.12 bits per heavy atom. The number of para-hydroxylation sites is 1. The first kappa shape index (κ1) is 18.0. The molecule has 0 radical (unpaired) electrons. The summed E-state index contributed by atoms with van der Waals surface area (Å²) in [5.74, 6) is -0.795. The normalized spacial score (nSPS) is 10.3. The van der Waals surface area contributed by atoms with Gasteiger partial charge in [0.1, 0.15) is 0 Å². The van der Waals surface area contributed by atoms with Crippen molar-refractivity contribution in [2.75, 3.05) is 11.9 Å². The molecule has 1 amide bonds. The molecule has 1 N–H and O–H groups in total. The third-order valence-electron chi connectivity index (χ3n) is 3.63. The van der Waals surface area contributed by atoms with Crippen molar-refractivity contribution in [3.63, 3.8) is 0 Å². The molecule has 0 saturated carbocycles. The van der Waals surface area contributed by atoms with Gasteiger partial charge in [0.25, 0.3) is 5.91 Å². The van der Waals surface area contributed by atoms with Gasteiger partial charge in [0.05, 0.1) is 6.42 Å². The van der Waals surface area contributed by atoms with Gasteiger partial charge in [-0.2, -0.15) is 0 Å². The highest BCUT2D eigenvalue weighted by Crippen LogP contribution is 2.20. The summed E-state index contributed by atoms with van der Waals surface area (Å²) in [6.45, 7) is 3.65. The molecule has 0 unspecified atom stereocenters. The minimum absolute atomic E-state index is 0.106. The van der Waals surface area contributed by atoms with E-state index in [9.17, 15) is 9.59 Å². The maximum Gasteiger partial charge on any atom is 0.310 e. The second-order valence-corrected chi connectivity index (χ2v) is 5.91. The minimum atomic E-state index is -0.451. The molecule has 0 atom stereocenters. The maximum absolute atomic E-state index is 12.0. The molecule has 0 heterocycles. The summed E-state index contributed by atoms with van der Waals surface area (Å²) in [7, 11) is 0. The van der Waals surface area contributed by atoms with Crippen LogP contribution < -0.4 is 5.32 Å². The number of carbonyl (C=O) groups excluding carboxylic acids is 2. The lowest BCUT2D eigenvalue weighted by molar-refractivity contribution is -0.146. The van der Waals surface area contributed by atoms with Crippen LogP contribution >= 0.6 is 11.6 Å². The van der Waals surface area contributed by atoms with Crippen molar-refractivity contribution < 1.29 is 14.3 Å². The molecule has 0 aliphatic rings. The Morgan fingerprint density at radius 2 is 1.83 bits per heavy atom. The van der Waals surface area contributed by atoms with Gasteiger partial charge >= 0.3 is 5.97 Å². The molecule has 2 rings (SSSR count). The van der Waals surface area contributed by atoms with Crippen LogP contribution in [0.3, 0.4) is 0 Å². The zero-order valence-corrected chi connectivity index (χ0v) is 14.5. The Hall–Kier alpha value is -2.33. The van der Waals surface area contributed by atoms with Crippen LogP contribution in [0.15, 0.2) is 42.5 Å². The molecular weight excluding hydrogens is 326 g/mol. The number of esters is 1. The highest BCUT2D eigenvalue weighted by molar-refractivity contribution is 6.30. The van der Waals surface area contributed by atoms with Gasteiger partial charge in [-0.05, 0) is 42.2 Å². The monoisotopic (exact) mass is 345 g/mol. The summed E-state index contributed by atoms with van der Waals surface area (Å²) in [5.41, 5.74) is 3.61. The molecule has 2 aromatic rings. The van der Waals surface area contributed by atoms with Gasteiger partial charge in [-0.1, -0.05) is 48.9 Å². The number of carbonyl (C=O) groups is 2. The fraction of sp³-hybridized carbons (Fsp3) is 0.263. The molecule has 2 aromatic carbocycles. The Bertz CT molecular complexity index is 726. The molecule has 0 aliphatic heterocycles. The van der Waals surface area contributed by atoms with Crippen molar-refractivity contribution in [2.24, 2.45) is 0 Å². The first-order valence-corrected chi connectivity index (χ1v) is 8.15. The second kappa shape index (κ2) is 8.50. The Labute approximate surface area is 146 Å². The van der Waals surface area contributed by atoms with Crippen LogP contribution in [-0.2, 0) is 27.2 Å². The predicted octanol–water partition coefficient (Wildman–Crippen LogP) is 3.94. The lowest BCUT2D eigenvalue weighted by atomic mass is 10.1. The molecule has 4 nitrogen and oxygen atoms in total. The summed E-state index contributed by atoms with van der Waals surface area (Å²) in [6.07, 6.45) is 0.919. The lowest BCUT2D eigenvalue weighted by Gasteiger charge is -2.13. The average molecular weight is 346 g/mol. The predicted molar refractivity (Wildman–Crippen MR) is 95.3 cm³/mol. The molecule has 0 fully saturated rings. The standard InChI is InChI=1S/C19H20ClNO3/c1-3-15-6-4-5-13(2)19(15)21-17(22)12-24-18(23)11-14-7-9-16(20)10-8-14/h4-10H,3,11-12H2,1-2H3,(H,21,22). The number of benzene rings is 2. The number of anilines is 1. The van der Waals surface area contributed by atoms with E-state index in [0.29, 0.717) is 5.02 Å². The van der Waals surface area contributed by atoms with Crippen molar-refractivity contribution >= 4 is 29.2 Å². The smallest absolute Gasteiger partial charge is 0.310 e. The largest absolute Gasteiger partial charge is 0.455 e. The number of ether oxygens (including phenoxy) is 1. The number of hydrogen-bond donors (Lipinski definition) is 1. The third-order valence-corrected chi connectivity index (χ3v) is 3.88. The fourth-order valence-corrected chi connectivity index (χ4v) is 2.47. The van der Waals surface area contributed by atoms with Crippen molar-refractivity contribution in [3.8, 4) is 0 Å². The molecule has 24 heavy (non-hydrogen) atoms. The molecule has 0 spiro atoms. The van der Waals surface area contributed by atoms with Gasteiger partial charge in [-0.25, -0.2) is 0 Å². The maximum atomic E-state index is 12.0.